The molecule has 0 atom stereocenters. The van der Waals surface area contributed by atoms with Crippen LogP contribution in [-0.4, -0.2) is 0 Å². The molecule has 1 heteroatoms. The minimum absolute atomic E-state index is 0.283. The Morgan fingerprint density at radius 2 is 2.43 bits per heavy atom. The Balaban J connectivity index is 3.17. The standard InChI is InChI=1S/C6H7N/c7-6-4-2-1-3-5-6/h1-5H,7H2/i2D,5D. The second-order valence-corrected chi connectivity index (χ2v) is 1.24. The predicted octanol–water partition coefficient (Wildman–Crippen LogP) is 1.27. The molecule has 0 aliphatic carbocycles. The van der Waals surface area contributed by atoms with Gasteiger partial charge in [-0.05, 0) is 12.1 Å². The van der Waals surface area contributed by atoms with Crippen LogP contribution in [0, 0.1) is 0 Å². The van der Waals surface area contributed by atoms with Gasteiger partial charge in [-0.25, -0.2) is 0 Å². The highest BCUT2D eigenvalue weighted by atomic mass is 14.5. The smallest absolute Gasteiger partial charge is 0.0644 e. The Morgan fingerprint density at radius 1 is 1.57 bits per heavy atom. The first-order chi connectivity index (χ1) is 4.20. The van der Waals surface area contributed by atoms with Gasteiger partial charge in [0.2, 0.25) is 0 Å². The molecule has 0 aliphatic rings. The summed E-state index contributed by atoms with van der Waals surface area (Å²) in [6.45, 7) is 0. The van der Waals surface area contributed by atoms with Gasteiger partial charge in [0.15, 0.2) is 0 Å². The monoisotopic (exact) mass is 95.1 g/mol. The Morgan fingerprint density at radius 3 is 3.00 bits per heavy atom. The Bertz CT molecular complexity index is 222. The molecule has 0 saturated heterocycles. The van der Waals surface area contributed by atoms with Crippen LogP contribution in [0.4, 0.5) is 5.69 Å². The molecule has 1 rings (SSSR count). The van der Waals surface area contributed by atoms with Gasteiger partial charge < -0.3 is 5.73 Å². The van der Waals surface area contributed by atoms with E-state index in [-0.39, 0.29) is 6.04 Å². The number of hydrogen-bond acceptors (Lipinski definition) is 1. The van der Waals surface area contributed by atoms with Crippen LogP contribution in [0.3, 0.4) is 0 Å². The van der Waals surface area contributed by atoms with Crippen LogP contribution in [0.15, 0.2) is 30.3 Å². The summed E-state index contributed by atoms with van der Waals surface area (Å²) in [5, 5.41) is 0. The maximum Gasteiger partial charge on any atom is 0.0644 e. The molecule has 0 amide bonds. The maximum absolute atomic E-state index is 7.11. The van der Waals surface area contributed by atoms with Crippen LogP contribution < -0.4 is 5.73 Å². The second-order valence-electron chi connectivity index (χ2n) is 1.24. The van der Waals surface area contributed by atoms with Crippen LogP contribution in [0.2, 0.25) is 0 Å². The summed E-state index contributed by atoms with van der Waals surface area (Å²) in [4.78, 5) is 0. The van der Waals surface area contributed by atoms with Gasteiger partial charge >= 0.3 is 0 Å². The van der Waals surface area contributed by atoms with Gasteiger partial charge in [-0.1, -0.05) is 18.2 Å². The van der Waals surface area contributed by atoms with Crippen LogP contribution in [0.5, 0.6) is 0 Å². The number of anilines is 1. The van der Waals surface area contributed by atoms with Crippen LogP contribution >= 0.6 is 0 Å². The summed E-state index contributed by atoms with van der Waals surface area (Å²) in [6, 6.07) is 5.15. The average Bonchev–Trinajstić information content (AvgIpc) is 1.80. The molecule has 7 heavy (non-hydrogen) atoms. The van der Waals surface area contributed by atoms with Crippen molar-refractivity contribution >= 4 is 5.69 Å². The molecule has 0 unspecified atom stereocenters. The zero-order chi connectivity index (χ0) is 6.85. The van der Waals surface area contributed by atoms with E-state index in [0.717, 1.165) is 0 Å². The van der Waals surface area contributed by atoms with E-state index >= 15 is 0 Å². The third-order valence-corrected chi connectivity index (χ3v) is 0.668. The van der Waals surface area contributed by atoms with Gasteiger partial charge in [0, 0.05) is 5.69 Å². The minimum Gasteiger partial charge on any atom is -0.399 e. The molecule has 36 valence electrons. The van der Waals surface area contributed by atoms with Crippen molar-refractivity contribution in [3.05, 3.63) is 30.3 Å². The zero-order valence-corrected chi connectivity index (χ0v) is 3.81. The van der Waals surface area contributed by atoms with Crippen molar-refractivity contribution in [1.82, 2.24) is 0 Å². The molecule has 0 fully saturated rings. The van der Waals surface area contributed by atoms with E-state index in [1.807, 2.05) is 0 Å². The van der Waals surface area contributed by atoms with Crippen LogP contribution in [0.1, 0.15) is 2.74 Å². The van der Waals surface area contributed by atoms with Gasteiger partial charge in [0.25, 0.3) is 0 Å². The fourth-order valence-electron chi connectivity index (χ4n) is 0.366. The van der Waals surface area contributed by atoms with Gasteiger partial charge in [0.05, 0.1) is 2.74 Å². The minimum atomic E-state index is 0.283. The summed E-state index contributed by atoms with van der Waals surface area (Å²) >= 11 is 0. The summed E-state index contributed by atoms with van der Waals surface area (Å²) in [6.07, 6.45) is 0. The summed E-state index contributed by atoms with van der Waals surface area (Å²) < 4.78 is 14.2. The fraction of sp³-hybridized carbons (Fsp3) is 0. The molecule has 0 radical (unpaired) electrons. The topological polar surface area (TPSA) is 26.0 Å². The molecule has 1 aromatic rings. The molecular formula is C6H7N. The molecule has 0 heterocycles. The van der Waals surface area contributed by atoms with Crippen molar-refractivity contribution in [2.24, 2.45) is 0 Å². The molecule has 1 nitrogen and oxygen atoms in total. The van der Waals surface area contributed by atoms with Crippen LogP contribution in [-0.2, 0) is 0 Å². The number of benzene rings is 1. The first kappa shape index (κ1) is 2.36. The van der Waals surface area contributed by atoms with Crippen molar-refractivity contribution in [3.63, 3.8) is 0 Å². The molecular weight excluding hydrogens is 86.1 g/mol. The van der Waals surface area contributed by atoms with E-state index in [0.29, 0.717) is 11.7 Å². The van der Waals surface area contributed by atoms with E-state index < -0.39 is 0 Å². The van der Waals surface area contributed by atoms with E-state index in [1.165, 1.54) is 12.1 Å². The van der Waals surface area contributed by atoms with E-state index in [1.54, 1.807) is 6.07 Å². The lowest BCUT2D eigenvalue weighted by atomic mass is 10.3. The number of para-hydroxylation sites is 1. The van der Waals surface area contributed by atoms with Gasteiger partial charge in [-0.2, -0.15) is 0 Å². The quantitative estimate of drug-likeness (QED) is 0.482. The molecule has 0 spiro atoms. The zero-order valence-electron chi connectivity index (χ0n) is 5.81. The lowest BCUT2D eigenvalue weighted by Gasteiger charge is -1.83. The van der Waals surface area contributed by atoms with Gasteiger partial charge in [-0.3, -0.25) is 0 Å². The lowest BCUT2D eigenvalue weighted by molar-refractivity contribution is 1.69. The number of nitrogens with two attached hydrogens (primary N) is 1. The number of rotatable bonds is 0. The molecule has 0 bridgehead atoms. The molecule has 0 aliphatic heterocycles. The Hall–Kier alpha value is -0.980. The average molecular weight is 95.1 g/mol. The maximum atomic E-state index is 7.11. The van der Waals surface area contributed by atoms with E-state index in [9.17, 15) is 0 Å². The summed E-state index contributed by atoms with van der Waals surface area (Å²) in [5.41, 5.74) is 5.68. The lowest BCUT2D eigenvalue weighted by Crippen LogP contribution is -1.79. The van der Waals surface area contributed by atoms with E-state index in [4.69, 9.17) is 8.48 Å². The largest absolute Gasteiger partial charge is 0.399 e. The summed E-state index contributed by atoms with van der Waals surface area (Å²) in [7, 11) is 0. The third-order valence-electron chi connectivity index (χ3n) is 0.668. The highest BCUT2D eigenvalue weighted by Crippen LogP contribution is 1.95. The Labute approximate surface area is 45.6 Å². The van der Waals surface area contributed by atoms with E-state index in [2.05, 4.69) is 0 Å². The molecule has 1 aromatic carbocycles. The fourth-order valence-corrected chi connectivity index (χ4v) is 0.366. The first-order valence-electron chi connectivity index (χ1n) is 3.03. The predicted molar refractivity (Wildman–Crippen MR) is 30.9 cm³/mol. The van der Waals surface area contributed by atoms with Crippen LogP contribution in [0.25, 0.3) is 0 Å². The third kappa shape index (κ3) is 0.929. The van der Waals surface area contributed by atoms with Gasteiger partial charge in [-0.15, -0.1) is 0 Å². The Kier molecular flexibility index (Phi) is 0.555. The number of hydrogen-bond donors (Lipinski definition) is 1. The van der Waals surface area contributed by atoms with Crippen molar-refractivity contribution in [2.45, 2.75) is 0 Å². The SMILES string of the molecule is [2H]c1ccc([2H])c(N)c1. The van der Waals surface area contributed by atoms with Crippen molar-refractivity contribution in [2.75, 3.05) is 5.73 Å². The molecule has 2 N–H and O–H groups in total. The highest BCUT2D eigenvalue weighted by molar-refractivity contribution is 5.35. The second kappa shape index (κ2) is 1.65. The van der Waals surface area contributed by atoms with Crippen molar-refractivity contribution < 1.29 is 2.74 Å². The number of nitrogen functional groups attached to an aromatic ring is 1. The van der Waals surface area contributed by atoms with Crippen molar-refractivity contribution in [3.8, 4) is 0 Å². The molecule has 0 aromatic heterocycles. The highest BCUT2D eigenvalue weighted by Gasteiger charge is 1.72. The van der Waals surface area contributed by atoms with Crippen molar-refractivity contribution in [1.29, 1.82) is 0 Å². The normalized spacial score (nSPS) is 12.6. The van der Waals surface area contributed by atoms with Gasteiger partial charge in [0.1, 0.15) is 0 Å². The first-order valence-corrected chi connectivity index (χ1v) is 2.03. The molecule has 0 saturated carbocycles. The summed E-state index contributed by atoms with van der Waals surface area (Å²) in [5.74, 6) is 0.